The number of urea groups is 1. The molecule has 31 heavy (non-hydrogen) atoms. The number of benzene rings is 2. The minimum absolute atomic E-state index is 0.142. The molecule has 2 atom stereocenters. The van der Waals surface area contributed by atoms with Crippen LogP contribution in [0.2, 0.25) is 0 Å². The summed E-state index contributed by atoms with van der Waals surface area (Å²) in [6.45, 7) is 3.79. The van der Waals surface area contributed by atoms with E-state index < -0.39 is 23.8 Å². The van der Waals surface area contributed by atoms with Gasteiger partial charge in [0.05, 0.1) is 0 Å². The van der Waals surface area contributed by atoms with Gasteiger partial charge < -0.3 is 10.6 Å². The summed E-state index contributed by atoms with van der Waals surface area (Å²) in [7, 11) is 0. The van der Waals surface area contributed by atoms with Crippen molar-refractivity contribution < 1.29 is 14.0 Å². The zero-order chi connectivity index (χ0) is 22.4. The fourth-order valence-electron chi connectivity index (χ4n) is 2.74. The van der Waals surface area contributed by atoms with Crippen molar-refractivity contribution in [3.63, 3.8) is 0 Å². The average Bonchev–Trinajstić information content (AvgIpc) is 3.20. The van der Waals surface area contributed by atoms with E-state index in [-0.39, 0.29) is 5.92 Å². The van der Waals surface area contributed by atoms with Gasteiger partial charge in [-0.05, 0) is 36.2 Å². The van der Waals surface area contributed by atoms with Gasteiger partial charge in [-0.25, -0.2) is 9.18 Å². The van der Waals surface area contributed by atoms with Crippen molar-refractivity contribution in [3.05, 3.63) is 58.8 Å². The number of hydrogen-bond acceptors (Lipinski definition) is 5. The molecular formula is C21H21BrFN5O2S. The quantitative estimate of drug-likeness (QED) is 0.406. The molecule has 0 fully saturated rings. The lowest BCUT2D eigenvalue weighted by atomic mass is 9.98. The number of halogens is 2. The fourth-order valence-corrected chi connectivity index (χ4v) is 3.76. The summed E-state index contributed by atoms with van der Waals surface area (Å²) in [5.74, 6) is -1.01. The van der Waals surface area contributed by atoms with Crippen molar-refractivity contribution in [2.24, 2.45) is 5.92 Å². The summed E-state index contributed by atoms with van der Waals surface area (Å²) < 4.78 is 14.3. The van der Waals surface area contributed by atoms with Crippen LogP contribution < -0.4 is 16.0 Å². The highest BCUT2D eigenvalue weighted by molar-refractivity contribution is 9.10. The fraction of sp³-hybridized carbons (Fsp3) is 0.238. The highest BCUT2D eigenvalue weighted by atomic mass is 79.9. The average molecular weight is 506 g/mol. The third-order valence-electron chi connectivity index (χ3n) is 4.61. The minimum atomic E-state index is -0.807. The van der Waals surface area contributed by atoms with Crippen LogP contribution in [0.5, 0.6) is 0 Å². The predicted molar refractivity (Wildman–Crippen MR) is 123 cm³/mol. The number of carbonyl (C=O) groups is 2. The highest BCUT2D eigenvalue weighted by Crippen LogP contribution is 2.27. The molecule has 0 spiro atoms. The Morgan fingerprint density at radius 1 is 1.13 bits per heavy atom. The first-order valence-corrected chi connectivity index (χ1v) is 11.2. The van der Waals surface area contributed by atoms with Crippen LogP contribution in [0.1, 0.15) is 20.3 Å². The summed E-state index contributed by atoms with van der Waals surface area (Å²) in [4.78, 5) is 25.2. The Morgan fingerprint density at radius 3 is 2.55 bits per heavy atom. The van der Waals surface area contributed by atoms with E-state index >= 15 is 0 Å². The van der Waals surface area contributed by atoms with Gasteiger partial charge in [-0.2, -0.15) is 0 Å². The molecule has 3 aromatic rings. The van der Waals surface area contributed by atoms with E-state index in [4.69, 9.17) is 0 Å². The molecule has 1 heterocycles. The number of carbonyl (C=O) groups excluding carboxylic acids is 2. The van der Waals surface area contributed by atoms with Crippen molar-refractivity contribution in [2.45, 2.75) is 26.3 Å². The van der Waals surface area contributed by atoms with Gasteiger partial charge in [0.25, 0.3) is 0 Å². The van der Waals surface area contributed by atoms with E-state index in [0.29, 0.717) is 22.2 Å². The van der Waals surface area contributed by atoms with Crippen molar-refractivity contribution >= 4 is 50.0 Å². The lowest BCUT2D eigenvalue weighted by Crippen LogP contribution is -2.49. The third-order valence-corrected chi connectivity index (χ3v) is 6.03. The second-order valence-corrected chi connectivity index (χ2v) is 8.77. The van der Waals surface area contributed by atoms with E-state index in [0.717, 1.165) is 10.0 Å². The minimum Gasteiger partial charge on any atom is -0.326 e. The van der Waals surface area contributed by atoms with Gasteiger partial charge in [0, 0.05) is 15.7 Å². The number of nitrogens with zero attached hydrogens (tertiary/aromatic N) is 2. The summed E-state index contributed by atoms with van der Waals surface area (Å²) in [5, 5.41) is 17.1. The maximum Gasteiger partial charge on any atom is 0.319 e. The molecule has 3 rings (SSSR count). The molecule has 3 N–H and O–H groups in total. The molecule has 0 aliphatic carbocycles. The first-order valence-electron chi connectivity index (χ1n) is 9.59. The molecule has 3 amide bonds. The molecule has 0 bridgehead atoms. The summed E-state index contributed by atoms with van der Waals surface area (Å²) in [6, 6.07) is 11.7. The standard InChI is InChI=1S/C21H21BrFN5O2S/c1-3-12(2)17(25-20(30)24-16-6-4-5-15(23)11-16)18(29)26-21-28-27-19(31-21)13-7-9-14(22)10-8-13/h4-12,17H,3H2,1-2H3,(H2,24,25,30)(H,26,28,29)/t12-,17-/m0/s1. The molecule has 0 unspecified atom stereocenters. The number of hydrogen-bond donors (Lipinski definition) is 3. The van der Waals surface area contributed by atoms with Crippen molar-refractivity contribution in [1.82, 2.24) is 15.5 Å². The lowest BCUT2D eigenvalue weighted by Gasteiger charge is -2.23. The van der Waals surface area contributed by atoms with Crippen LogP contribution in [0.3, 0.4) is 0 Å². The zero-order valence-electron chi connectivity index (χ0n) is 16.9. The SMILES string of the molecule is CC[C@H](C)[C@H](NC(=O)Nc1cccc(F)c1)C(=O)Nc1nnc(-c2ccc(Br)cc2)s1. The van der Waals surface area contributed by atoms with Crippen LogP contribution in [-0.2, 0) is 4.79 Å². The highest BCUT2D eigenvalue weighted by Gasteiger charge is 2.27. The summed E-state index contributed by atoms with van der Waals surface area (Å²) in [6.07, 6.45) is 0.665. The van der Waals surface area contributed by atoms with E-state index in [1.807, 2.05) is 38.1 Å². The summed E-state index contributed by atoms with van der Waals surface area (Å²) >= 11 is 4.63. The molecule has 162 valence electrons. The van der Waals surface area contributed by atoms with E-state index in [9.17, 15) is 14.0 Å². The Balaban J connectivity index is 1.67. The Morgan fingerprint density at radius 2 is 1.87 bits per heavy atom. The number of rotatable bonds is 7. The normalized spacial score (nSPS) is 12.6. The van der Waals surface area contributed by atoms with Crippen LogP contribution >= 0.6 is 27.3 Å². The molecule has 10 heteroatoms. The molecular weight excluding hydrogens is 485 g/mol. The molecule has 0 aliphatic heterocycles. The zero-order valence-corrected chi connectivity index (χ0v) is 19.3. The van der Waals surface area contributed by atoms with E-state index in [1.165, 1.54) is 29.5 Å². The topological polar surface area (TPSA) is 96.0 Å². The Kier molecular flexibility index (Phi) is 7.69. The van der Waals surface area contributed by atoms with Gasteiger partial charge in [0.15, 0.2) is 0 Å². The second-order valence-electron chi connectivity index (χ2n) is 6.88. The number of aromatic nitrogens is 2. The first kappa shape index (κ1) is 22.8. The summed E-state index contributed by atoms with van der Waals surface area (Å²) in [5.41, 5.74) is 1.18. The maximum absolute atomic E-state index is 13.3. The van der Waals surface area contributed by atoms with Gasteiger partial charge in [0.2, 0.25) is 11.0 Å². The number of anilines is 2. The first-order chi connectivity index (χ1) is 14.9. The van der Waals surface area contributed by atoms with Crippen LogP contribution in [0.25, 0.3) is 10.6 Å². The van der Waals surface area contributed by atoms with Gasteiger partial charge in [-0.3, -0.25) is 10.1 Å². The Labute approximate surface area is 191 Å². The molecule has 1 aromatic heterocycles. The van der Waals surface area contributed by atoms with Gasteiger partial charge >= 0.3 is 6.03 Å². The van der Waals surface area contributed by atoms with Crippen LogP contribution in [0.4, 0.5) is 20.0 Å². The number of nitrogens with one attached hydrogen (secondary N) is 3. The van der Waals surface area contributed by atoms with E-state index in [1.54, 1.807) is 6.07 Å². The molecule has 7 nitrogen and oxygen atoms in total. The Bertz CT molecular complexity index is 1060. The van der Waals surface area contributed by atoms with Crippen molar-refractivity contribution in [3.8, 4) is 10.6 Å². The molecule has 0 radical (unpaired) electrons. The lowest BCUT2D eigenvalue weighted by molar-refractivity contribution is -0.119. The largest absolute Gasteiger partial charge is 0.326 e. The smallest absolute Gasteiger partial charge is 0.319 e. The van der Waals surface area contributed by atoms with Crippen LogP contribution in [-0.4, -0.2) is 28.2 Å². The van der Waals surface area contributed by atoms with Gasteiger partial charge in [0.1, 0.15) is 16.9 Å². The molecule has 0 saturated heterocycles. The van der Waals surface area contributed by atoms with Crippen LogP contribution in [0, 0.1) is 11.7 Å². The molecule has 0 saturated carbocycles. The van der Waals surface area contributed by atoms with Crippen molar-refractivity contribution in [2.75, 3.05) is 10.6 Å². The van der Waals surface area contributed by atoms with Crippen LogP contribution in [0.15, 0.2) is 53.0 Å². The third kappa shape index (κ3) is 6.31. The molecule has 0 aliphatic rings. The second kappa shape index (κ2) is 10.5. The van der Waals surface area contributed by atoms with E-state index in [2.05, 4.69) is 42.1 Å². The maximum atomic E-state index is 13.3. The van der Waals surface area contributed by atoms with Gasteiger partial charge in [-0.1, -0.05) is 65.7 Å². The predicted octanol–water partition coefficient (Wildman–Crippen LogP) is 5.28. The molecule has 2 aromatic carbocycles. The Hall–Kier alpha value is -2.85. The number of amides is 3. The van der Waals surface area contributed by atoms with Gasteiger partial charge in [-0.15, -0.1) is 10.2 Å². The van der Waals surface area contributed by atoms with Crippen molar-refractivity contribution in [1.29, 1.82) is 0 Å². The monoisotopic (exact) mass is 505 g/mol.